The summed E-state index contributed by atoms with van der Waals surface area (Å²) in [5, 5.41) is 2.75. The Morgan fingerprint density at radius 2 is 2.06 bits per heavy atom. The zero-order valence-electron chi connectivity index (χ0n) is 10.2. The third-order valence-corrected chi connectivity index (χ3v) is 2.39. The van der Waals surface area contributed by atoms with Crippen LogP contribution in [0.5, 0.6) is 0 Å². The number of carbonyl (C=O) groups is 1. The summed E-state index contributed by atoms with van der Waals surface area (Å²) in [4.78, 5) is 15.9. The molecule has 1 rings (SSSR count). The number of carbonyl (C=O) groups excluding carboxylic acids is 1. The molecule has 1 aromatic rings. The highest BCUT2D eigenvalue weighted by Crippen LogP contribution is 2.18. The summed E-state index contributed by atoms with van der Waals surface area (Å²) in [5.74, 6) is -0.182. The molecule has 4 nitrogen and oxygen atoms in total. The lowest BCUT2D eigenvalue weighted by Crippen LogP contribution is -2.45. The van der Waals surface area contributed by atoms with Crippen LogP contribution in [0.4, 0.5) is 5.69 Å². The van der Waals surface area contributed by atoms with Gasteiger partial charge in [0, 0.05) is 5.69 Å². The highest BCUT2D eigenvalue weighted by atomic mass is 16.2. The predicted molar refractivity (Wildman–Crippen MR) is 65.0 cm³/mol. The third-order valence-electron chi connectivity index (χ3n) is 2.39. The molecule has 0 aliphatic rings. The molecule has 1 aromatic heterocycles. The maximum absolute atomic E-state index is 11.8. The second-order valence-electron chi connectivity index (χ2n) is 5.02. The van der Waals surface area contributed by atoms with Crippen LogP contribution in [-0.4, -0.2) is 16.9 Å². The highest BCUT2D eigenvalue weighted by molar-refractivity contribution is 5.95. The zero-order chi connectivity index (χ0) is 12.3. The van der Waals surface area contributed by atoms with Gasteiger partial charge in [-0.2, -0.15) is 0 Å². The molecule has 0 aliphatic carbocycles. The molecule has 0 saturated heterocycles. The van der Waals surface area contributed by atoms with Gasteiger partial charge in [0.05, 0.1) is 17.9 Å². The summed E-state index contributed by atoms with van der Waals surface area (Å²) in [7, 11) is 0. The Balaban J connectivity index is 2.68. The smallest absolute Gasteiger partial charge is 0.241 e. The molecule has 0 radical (unpaired) electrons. The average molecular weight is 221 g/mol. The van der Waals surface area contributed by atoms with Gasteiger partial charge in [0.1, 0.15) is 0 Å². The molecule has 3 N–H and O–H groups in total. The third kappa shape index (κ3) is 3.31. The first-order valence-electron chi connectivity index (χ1n) is 5.30. The number of aryl methyl sites for hydroxylation is 1. The van der Waals surface area contributed by atoms with Gasteiger partial charge in [0.15, 0.2) is 0 Å². The van der Waals surface area contributed by atoms with E-state index in [0.717, 1.165) is 5.69 Å². The number of hydrogen-bond donors (Lipinski definition) is 2. The van der Waals surface area contributed by atoms with E-state index < -0.39 is 6.04 Å². The Morgan fingerprint density at radius 3 is 2.50 bits per heavy atom. The molecule has 0 spiro atoms. The van der Waals surface area contributed by atoms with Gasteiger partial charge < -0.3 is 11.1 Å². The van der Waals surface area contributed by atoms with Gasteiger partial charge in [0.25, 0.3) is 0 Å². The van der Waals surface area contributed by atoms with E-state index in [4.69, 9.17) is 5.73 Å². The normalized spacial score (nSPS) is 13.3. The van der Waals surface area contributed by atoms with Crippen LogP contribution >= 0.6 is 0 Å². The van der Waals surface area contributed by atoms with Gasteiger partial charge in [-0.15, -0.1) is 0 Å². The Morgan fingerprint density at radius 1 is 1.44 bits per heavy atom. The molecule has 0 saturated carbocycles. The van der Waals surface area contributed by atoms with Crippen molar-refractivity contribution >= 4 is 11.6 Å². The lowest BCUT2D eigenvalue weighted by molar-refractivity contribution is -0.119. The largest absolute Gasteiger partial charge is 0.323 e. The second-order valence-corrected chi connectivity index (χ2v) is 5.02. The van der Waals surface area contributed by atoms with Crippen LogP contribution in [0.25, 0.3) is 0 Å². The van der Waals surface area contributed by atoms with Crippen LogP contribution in [0.2, 0.25) is 0 Å². The van der Waals surface area contributed by atoms with Crippen molar-refractivity contribution in [3.63, 3.8) is 0 Å². The number of anilines is 1. The van der Waals surface area contributed by atoms with Crippen molar-refractivity contribution in [2.75, 3.05) is 5.32 Å². The summed E-state index contributed by atoms with van der Waals surface area (Å²) < 4.78 is 0. The lowest BCUT2D eigenvalue weighted by atomic mass is 9.87. The first kappa shape index (κ1) is 12.6. The minimum atomic E-state index is -0.534. The Bertz CT molecular complexity index is 365. The molecule has 0 unspecified atom stereocenters. The SMILES string of the molecule is Cc1ccc(NC(=O)[C@H](N)C(C)(C)C)cn1. The fraction of sp³-hybridized carbons (Fsp3) is 0.500. The molecular formula is C12H19N3O. The second kappa shape index (κ2) is 4.61. The Labute approximate surface area is 96.3 Å². The van der Waals surface area contributed by atoms with Crippen molar-refractivity contribution in [2.45, 2.75) is 33.7 Å². The van der Waals surface area contributed by atoms with Crippen molar-refractivity contribution in [1.82, 2.24) is 4.98 Å². The van der Waals surface area contributed by atoms with Crippen LogP contribution in [0.15, 0.2) is 18.3 Å². The molecule has 16 heavy (non-hydrogen) atoms. The van der Waals surface area contributed by atoms with Crippen LogP contribution in [0.1, 0.15) is 26.5 Å². The number of nitrogens with zero attached hydrogens (tertiary/aromatic N) is 1. The van der Waals surface area contributed by atoms with E-state index >= 15 is 0 Å². The van der Waals surface area contributed by atoms with E-state index in [9.17, 15) is 4.79 Å². The summed E-state index contributed by atoms with van der Waals surface area (Å²) in [6.45, 7) is 7.70. The predicted octanol–water partition coefficient (Wildman–Crippen LogP) is 1.70. The minimum absolute atomic E-state index is 0.182. The maximum Gasteiger partial charge on any atom is 0.241 e. The van der Waals surface area contributed by atoms with Crippen LogP contribution in [-0.2, 0) is 4.79 Å². The zero-order valence-corrected chi connectivity index (χ0v) is 10.2. The summed E-state index contributed by atoms with van der Waals surface area (Å²) in [5.41, 5.74) is 7.18. The molecule has 0 aromatic carbocycles. The van der Waals surface area contributed by atoms with Crippen LogP contribution in [0.3, 0.4) is 0 Å². The van der Waals surface area contributed by atoms with Gasteiger partial charge in [0.2, 0.25) is 5.91 Å². The van der Waals surface area contributed by atoms with E-state index in [1.54, 1.807) is 6.20 Å². The molecule has 1 atom stereocenters. The number of nitrogens with one attached hydrogen (secondary N) is 1. The standard InChI is InChI=1S/C12H19N3O/c1-8-5-6-9(7-14-8)15-11(16)10(13)12(2,3)4/h5-7,10H,13H2,1-4H3,(H,15,16)/t10-/m0/s1. The highest BCUT2D eigenvalue weighted by Gasteiger charge is 2.27. The fourth-order valence-electron chi connectivity index (χ4n) is 1.16. The van der Waals surface area contributed by atoms with Crippen molar-refractivity contribution in [3.05, 3.63) is 24.0 Å². The number of amides is 1. The molecule has 0 bridgehead atoms. The first-order chi connectivity index (χ1) is 7.30. The van der Waals surface area contributed by atoms with E-state index in [1.807, 2.05) is 39.8 Å². The molecule has 88 valence electrons. The number of aromatic nitrogens is 1. The van der Waals surface area contributed by atoms with Crippen molar-refractivity contribution in [2.24, 2.45) is 11.1 Å². The Kier molecular flexibility index (Phi) is 3.65. The van der Waals surface area contributed by atoms with Gasteiger partial charge in [-0.05, 0) is 24.5 Å². The Hall–Kier alpha value is -1.42. The minimum Gasteiger partial charge on any atom is -0.323 e. The number of hydrogen-bond acceptors (Lipinski definition) is 3. The monoisotopic (exact) mass is 221 g/mol. The molecule has 4 heteroatoms. The van der Waals surface area contributed by atoms with Gasteiger partial charge in [-0.25, -0.2) is 0 Å². The van der Waals surface area contributed by atoms with Crippen LogP contribution in [0, 0.1) is 12.3 Å². The van der Waals surface area contributed by atoms with Gasteiger partial charge in [-0.3, -0.25) is 9.78 Å². The quantitative estimate of drug-likeness (QED) is 0.798. The molecule has 0 fully saturated rings. The average Bonchev–Trinajstić information content (AvgIpc) is 2.19. The topological polar surface area (TPSA) is 68.0 Å². The van der Waals surface area contributed by atoms with E-state index in [-0.39, 0.29) is 11.3 Å². The van der Waals surface area contributed by atoms with Crippen molar-refractivity contribution in [1.29, 1.82) is 0 Å². The van der Waals surface area contributed by atoms with E-state index in [0.29, 0.717) is 5.69 Å². The maximum atomic E-state index is 11.8. The molecule has 1 amide bonds. The number of pyridine rings is 1. The van der Waals surface area contributed by atoms with Crippen molar-refractivity contribution in [3.8, 4) is 0 Å². The number of nitrogens with two attached hydrogens (primary N) is 1. The van der Waals surface area contributed by atoms with Crippen molar-refractivity contribution < 1.29 is 4.79 Å². The summed E-state index contributed by atoms with van der Waals surface area (Å²) in [6, 6.07) is 3.13. The molecule has 1 heterocycles. The molecular weight excluding hydrogens is 202 g/mol. The van der Waals surface area contributed by atoms with E-state index in [1.165, 1.54) is 0 Å². The molecule has 0 aliphatic heterocycles. The lowest BCUT2D eigenvalue weighted by Gasteiger charge is -2.25. The fourth-order valence-corrected chi connectivity index (χ4v) is 1.16. The van der Waals surface area contributed by atoms with Gasteiger partial charge in [-0.1, -0.05) is 20.8 Å². The first-order valence-corrected chi connectivity index (χ1v) is 5.30. The van der Waals surface area contributed by atoms with E-state index in [2.05, 4.69) is 10.3 Å². The van der Waals surface area contributed by atoms with Crippen LogP contribution < -0.4 is 11.1 Å². The van der Waals surface area contributed by atoms with Gasteiger partial charge >= 0.3 is 0 Å². The number of rotatable bonds is 2. The summed E-state index contributed by atoms with van der Waals surface area (Å²) in [6.07, 6.45) is 1.63. The summed E-state index contributed by atoms with van der Waals surface area (Å²) >= 11 is 0.